The molecule has 1 aromatic rings. The quantitative estimate of drug-likeness (QED) is 0.783. The standard InChI is InChI=1S/C11H14ClFO2S/c1-11(2,8-16(13,14)15)7-9-5-3-4-6-10(9)12/h3-6H,7-8H2,1-2H3. The summed E-state index contributed by atoms with van der Waals surface area (Å²) < 4.78 is 33.9. The predicted octanol–water partition coefficient (Wildman–Crippen LogP) is 3.21. The van der Waals surface area contributed by atoms with Crippen LogP contribution in [0.25, 0.3) is 0 Å². The Morgan fingerprint density at radius 2 is 1.88 bits per heavy atom. The molecule has 0 spiro atoms. The molecule has 0 saturated carbocycles. The van der Waals surface area contributed by atoms with Gasteiger partial charge in [0.1, 0.15) is 0 Å². The summed E-state index contributed by atoms with van der Waals surface area (Å²) in [4.78, 5) is 0. The van der Waals surface area contributed by atoms with Gasteiger partial charge in [-0.25, -0.2) is 0 Å². The minimum atomic E-state index is -4.46. The highest BCUT2D eigenvalue weighted by atomic mass is 35.5. The minimum Gasteiger partial charge on any atom is -0.195 e. The summed E-state index contributed by atoms with van der Waals surface area (Å²) in [5, 5.41) is 0.576. The van der Waals surface area contributed by atoms with Gasteiger partial charge >= 0.3 is 10.2 Å². The van der Waals surface area contributed by atoms with Gasteiger partial charge < -0.3 is 0 Å². The molecule has 1 rings (SSSR count). The van der Waals surface area contributed by atoms with Gasteiger partial charge in [0, 0.05) is 5.02 Å². The minimum absolute atomic E-state index is 0.426. The van der Waals surface area contributed by atoms with E-state index in [2.05, 4.69) is 0 Å². The van der Waals surface area contributed by atoms with Crippen molar-refractivity contribution in [3.8, 4) is 0 Å². The first kappa shape index (κ1) is 13.5. The zero-order valence-corrected chi connectivity index (χ0v) is 10.8. The zero-order valence-electron chi connectivity index (χ0n) is 9.20. The fourth-order valence-electron chi connectivity index (χ4n) is 1.68. The van der Waals surface area contributed by atoms with Crippen molar-refractivity contribution in [2.75, 3.05) is 5.75 Å². The van der Waals surface area contributed by atoms with Crippen LogP contribution in [0.1, 0.15) is 19.4 Å². The molecule has 90 valence electrons. The Morgan fingerprint density at radius 1 is 1.31 bits per heavy atom. The van der Waals surface area contributed by atoms with Gasteiger partial charge in [-0.05, 0) is 23.5 Å². The average molecular weight is 265 g/mol. The Kier molecular flexibility index (Phi) is 3.97. The highest BCUT2D eigenvalue weighted by Crippen LogP contribution is 2.28. The van der Waals surface area contributed by atoms with E-state index in [9.17, 15) is 12.3 Å². The van der Waals surface area contributed by atoms with Crippen molar-refractivity contribution in [2.24, 2.45) is 5.41 Å². The summed E-state index contributed by atoms with van der Waals surface area (Å²) in [6.07, 6.45) is 0.426. The molecular weight excluding hydrogens is 251 g/mol. The summed E-state index contributed by atoms with van der Waals surface area (Å²) in [6.45, 7) is 3.40. The average Bonchev–Trinajstić information content (AvgIpc) is 2.04. The Morgan fingerprint density at radius 3 is 2.38 bits per heavy atom. The van der Waals surface area contributed by atoms with E-state index >= 15 is 0 Å². The van der Waals surface area contributed by atoms with Gasteiger partial charge in [-0.15, -0.1) is 3.89 Å². The Labute approximate surface area is 101 Å². The molecule has 0 aliphatic rings. The van der Waals surface area contributed by atoms with Gasteiger partial charge in [-0.1, -0.05) is 43.6 Å². The van der Waals surface area contributed by atoms with Crippen LogP contribution in [0.5, 0.6) is 0 Å². The summed E-state index contributed by atoms with van der Waals surface area (Å²) in [5.74, 6) is -0.495. The molecule has 0 amide bonds. The van der Waals surface area contributed by atoms with Crippen molar-refractivity contribution < 1.29 is 12.3 Å². The topological polar surface area (TPSA) is 34.1 Å². The van der Waals surface area contributed by atoms with Gasteiger partial charge in [-0.2, -0.15) is 8.42 Å². The van der Waals surface area contributed by atoms with Crippen LogP contribution in [0.2, 0.25) is 5.02 Å². The summed E-state index contributed by atoms with van der Waals surface area (Å²) >= 11 is 5.96. The number of benzene rings is 1. The van der Waals surface area contributed by atoms with Gasteiger partial charge in [0.15, 0.2) is 0 Å². The second kappa shape index (κ2) is 4.72. The Balaban J connectivity index is 2.85. The Bertz CT molecular complexity index is 469. The van der Waals surface area contributed by atoms with Crippen LogP contribution in [-0.4, -0.2) is 14.2 Å². The van der Waals surface area contributed by atoms with Crippen molar-refractivity contribution in [1.29, 1.82) is 0 Å². The highest BCUT2D eigenvalue weighted by molar-refractivity contribution is 7.86. The highest BCUT2D eigenvalue weighted by Gasteiger charge is 2.26. The van der Waals surface area contributed by atoms with Gasteiger partial charge in [0.25, 0.3) is 0 Å². The predicted molar refractivity (Wildman–Crippen MR) is 63.8 cm³/mol. The van der Waals surface area contributed by atoms with E-state index in [0.29, 0.717) is 11.4 Å². The maximum atomic E-state index is 12.6. The maximum Gasteiger partial charge on any atom is 0.302 e. The first-order valence-corrected chi connectivity index (χ1v) is 6.78. The van der Waals surface area contributed by atoms with Crippen molar-refractivity contribution in [1.82, 2.24) is 0 Å². The normalized spacial score (nSPS) is 12.8. The molecule has 0 fully saturated rings. The van der Waals surface area contributed by atoms with Crippen LogP contribution in [0, 0.1) is 5.41 Å². The summed E-state index contributed by atoms with van der Waals surface area (Å²) in [6, 6.07) is 7.16. The molecule has 0 heterocycles. The molecular formula is C11H14ClFO2S. The maximum absolute atomic E-state index is 12.6. The molecule has 0 saturated heterocycles. The lowest BCUT2D eigenvalue weighted by atomic mass is 9.88. The fraction of sp³-hybridized carbons (Fsp3) is 0.455. The first-order valence-electron chi connectivity index (χ1n) is 4.85. The van der Waals surface area contributed by atoms with Gasteiger partial charge in [-0.3, -0.25) is 0 Å². The second-order valence-corrected chi connectivity index (χ2v) is 6.39. The number of halogens is 2. The van der Waals surface area contributed by atoms with Crippen LogP contribution in [-0.2, 0) is 16.6 Å². The number of hydrogen-bond donors (Lipinski definition) is 0. The van der Waals surface area contributed by atoms with E-state index in [1.807, 2.05) is 12.1 Å². The molecule has 0 aromatic heterocycles. The molecule has 0 radical (unpaired) electrons. The monoisotopic (exact) mass is 264 g/mol. The van der Waals surface area contributed by atoms with E-state index in [1.165, 1.54) is 0 Å². The van der Waals surface area contributed by atoms with Crippen LogP contribution in [0.4, 0.5) is 3.89 Å². The van der Waals surface area contributed by atoms with Crippen molar-refractivity contribution in [3.63, 3.8) is 0 Å². The second-order valence-electron chi connectivity index (χ2n) is 4.62. The molecule has 2 nitrogen and oxygen atoms in total. The first-order chi connectivity index (χ1) is 7.20. The molecule has 1 aromatic carbocycles. The molecule has 0 atom stereocenters. The molecule has 0 aliphatic carbocycles. The third-order valence-corrected chi connectivity index (χ3v) is 3.68. The van der Waals surface area contributed by atoms with E-state index in [4.69, 9.17) is 11.6 Å². The lowest BCUT2D eigenvalue weighted by Crippen LogP contribution is -2.24. The zero-order chi connectivity index (χ0) is 12.4. The lowest BCUT2D eigenvalue weighted by Gasteiger charge is -2.22. The molecule has 0 N–H and O–H groups in total. The van der Waals surface area contributed by atoms with Crippen molar-refractivity contribution in [3.05, 3.63) is 34.9 Å². The van der Waals surface area contributed by atoms with Crippen LogP contribution < -0.4 is 0 Å². The van der Waals surface area contributed by atoms with Crippen molar-refractivity contribution in [2.45, 2.75) is 20.3 Å². The summed E-state index contributed by atoms with van der Waals surface area (Å²) in [5.41, 5.74) is 0.163. The molecule has 16 heavy (non-hydrogen) atoms. The SMILES string of the molecule is CC(C)(Cc1ccccc1Cl)CS(=O)(=O)F. The fourth-order valence-corrected chi connectivity index (χ4v) is 2.91. The molecule has 0 aliphatic heterocycles. The molecule has 0 unspecified atom stereocenters. The van der Waals surface area contributed by atoms with E-state index < -0.39 is 21.4 Å². The van der Waals surface area contributed by atoms with E-state index in [-0.39, 0.29) is 0 Å². The van der Waals surface area contributed by atoms with Crippen LogP contribution in [0.3, 0.4) is 0 Å². The summed E-state index contributed by atoms with van der Waals surface area (Å²) in [7, 11) is -4.46. The third-order valence-electron chi connectivity index (χ3n) is 2.19. The number of hydrogen-bond acceptors (Lipinski definition) is 2. The molecule has 0 bridgehead atoms. The van der Waals surface area contributed by atoms with E-state index in [0.717, 1.165) is 5.56 Å². The molecule has 5 heteroatoms. The van der Waals surface area contributed by atoms with Crippen LogP contribution >= 0.6 is 11.6 Å². The third kappa shape index (κ3) is 4.49. The van der Waals surface area contributed by atoms with Crippen molar-refractivity contribution >= 4 is 21.8 Å². The smallest absolute Gasteiger partial charge is 0.195 e. The largest absolute Gasteiger partial charge is 0.302 e. The van der Waals surface area contributed by atoms with E-state index in [1.54, 1.807) is 26.0 Å². The lowest BCUT2D eigenvalue weighted by molar-refractivity contribution is 0.401. The van der Waals surface area contributed by atoms with Gasteiger partial charge in [0.05, 0.1) is 5.75 Å². The number of rotatable bonds is 4. The Hall–Kier alpha value is -0.610. The van der Waals surface area contributed by atoms with Gasteiger partial charge in [0.2, 0.25) is 0 Å². The van der Waals surface area contributed by atoms with Crippen LogP contribution in [0.15, 0.2) is 24.3 Å².